The first-order valence-corrected chi connectivity index (χ1v) is 12.4. The highest BCUT2D eigenvalue weighted by molar-refractivity contribution is 5.96. The van der Waals surface area contributed by atoms with Gasteiger partial charge < -0.3 is 19.5 Å². The van der Waals surface area contributed by atoms with Crippen LogP contribution in [0.2, 0.25) is 0 Å². The first kappa shape index (κ1) is 25.7. The summed E-state index contributed by atoms with van der Waals surface area (Å²) in [6.07, 6.45) is 0. The predicted molar refractivity (Wildman–Crippen MR) is 146 cm³/mol. The fourth-order valence-corrected chi connectivity index (χ4v) is 4.59. The average molecular weight is 526 g/mol. The molecule has 1 N–H and O–H groups in total. The highest BCUT2D eigenvalue weighted by Crippen LogP contribution is 2.42. The van der Waals surface area contributed by atoms with E-state index in [0.717, 1.165) is 11.1 Å². The van der Waals surface area contributed by atoms with Crippen LogP contribution >= 0.6 is 0 Å². The van der Waals surface area contributed by atoms with E-state index in [4.69, 9.17) is 14.2 Å². The van der Waals surface area contributed by atoms with Gasteiger partial charge in [0, 0.05) is 18.8 Å². The van der Waals surface area contributed by atoms with Crippen molar-refractivity contribution in [2.45, 2.75) is 19.1 Å². The molecule has 1 heterocycles. The highest BCUT2D eigenvalue weighted by atomic mass is 16.7. The lowest BCUT2D eigenvalue weighted by Gasteiger charge is -2.31. The number of anilines is 1. The van der Waals surface area contributed by atoms with E-state index in [1.165, 1.54) is 6.07 Å². The summed E-state index contributed by atoms with van der Waals surface area (Å²) in [5.41, 5.74) is 2.44. The molecule has 0 spiro atoms. The van der Waals surface area contributed by atoms with Crippen LogP contribution in [0.15, 0.2) is 97.1 Å². The Hall–Kier alpha value is -4.89. The summed E-state index contributed by atoms with van der Waals surface area (Å²) in [6, 6.07) is 28.1. The van der Waals surface area contributed by atoms with Crippen LogP contribution in [0.1, 0.15) is 22.7 Å². The number of hydrogen-bond acceptors (Lipinski definition) is 7. The molecule has 4 aromatic carbocycles. The third-order valence-corrected chi connectivity index (χ3v) is 6.44. The molecule has 0 fully saturated rings. The quantitative estimate of drug-likeness (QED) is 0.209. The lowest BCUT2D eigenvalue weighted by Crippen LogP contribution is -2.37. The Kier molecular flexibility index (Phi) is 7.70. The number of nitro benzene ring substituents is 1. The highest BCUT2D eigenvalue weighted by Gasteiger charge is 2.36. The van der Waals surface area contributed by atoms with Gasteiger partial charge >= 0.3 is 0 Å². The van der Waals surface area contributed by atoms with E-state index in [2.05, 4.69) is 5.32 Å². The van der Waals surface area contributed by atoms with Crippen LogP contribution in [-0.2, 0) is 17.9 Å². The summed E-state index contributed by atoms with van der Waals surface area (Å²) >= 11 is 0. The van der Waals surface area contributed by atoms with E-state index in [-0.39, 0.29) is 23.8 Å². The molecule has 39 heavy (non-hydrogen) atoms. The second-order valence-corrected chi connectivity index (χ2v) is 9.02. The summed E-state index contributed by atoms with van der Waals surface area (Å²) in [7, 11) is 1.56. The Morgan fingerprint density at radius 1 is 0.923 bits per heavy atom. The van der Waals surface area contributed by atoms with Crippen LogP contribution in [-0.4, -0.2) is 29.6 Å². The van der Waals surface area contributed by atoms with Crippen LogP contribution in [0.5, 0.6) is 17.2 Å². The molecule has 4 aromatic rings. The molecule has 5 rings (SSSR count). The molecule has 9 nitrogen and oxygen atoms in total. The van der Waals surface area contributed by atoms with Crippen LogP contribution in [0, 0.1) is 10.1 Å². The zero-order chi connectivity index (χ0) is 27.2. The summed E-state index contributed by atoms with van der Waals surface area (Å²) in [5, 5.41) is 15.2. The maximum Gasteiger partial charge on any atom is 0.278 e. The third kappa shape index (κ3) is 6.00. The van der Waals surface area contributed by atoms with E-state index in [9.17, 15) is 14.9 Å². The number of benzene rings is 4. The predicted octanol–water partition coefficient (Wildman–Crippen LogP) is 5.71. The fourth-order valence-electron chi connectivity index (χ4n) is 4.59. The largest absolute Gasteiger partial charge is 0.497 e. The Labute approximate surface area is 225 Å². The number of rotatable bonds is 10. The number of amides is 1. The number of hydrogen-bond donors (Lipinski definition) is 1. The van der Waals surface area contributed by atoms with Crippen molar-refractivity contribution in [3.8, 4) is 17.2 Å². The van der Waals surface area contributed by atoms with Crippen molar-refractivity contribution in [1.29, 1.82) is 0 Å². The van der Waals surface area contributed by atoms with E-state index in [0.29, 0.717) is 30.3 Å². The zero-order valence-corrected chi connectivity index (χ0v) is 21.3. The Morgan fingerprint density at radius 2 is 1.49 bits per heavy atom. The molecule has 0 saturated carbocycles. The number of nitro groups is 1. The van der Waals surface area contributed by atoms with Gasteiger partial charge in [0.15, 0.2) is 11.5 Å². The van der Waals surface area contributed by atoms with Crippen LogP contribution in [0.4, 0.5) is 11.4 Å². The summed E-state index contributed by atoms with van der Waals surface area (Å²) < 4.78 is 16.2. The van der Waals surface area contributed by atoms with Gasteiger partial charge in [-0.1, -0.05) is 60.7 Å². The molecule has 0 saturated heterocycles. The Morgan fingerprint density at radius 3 is 2.03 bits per heavy atom. The monoisotopic (exact) mass is 525 g/mol. The molecule has 0 unspecified atom stereocenters. The third-order valence-electron chi connectivity index (χ3n) is 6.44. The maximum absolute atomic E-state index is 14.1. The second-order valence-electron chi connectivity index (χ2n) is 9.02. The minimum absolute atomic E-state index is 0.0452. The van der Waals surface area contributed by atoms with Gasteiger partial charge in [-0.25, -0.2) is 0 Å². The molecule has 1 aliphatic heterocycles. The van der Waals surface area contributed by atoms with Gasteiger partial charge in [-0.3, -0.25) is 19.8 Å². The minimum atomic E-state index is -1.04. The first-order chi connectivity index (χ1) is 19.0. The molecule has 1 amide bonds. The van der Waals surface area contributed by atoms with E-state index in [1.807, 2.05) is 65.6 Å². The van der Waals surface area contributed by atoms with Gasteiger partial charge in [-0.05, 0) is 41.5 Å². The topological polar surface area (TPSA) is 103 Å². The standard InChI is InChI=1S/C30H27N3O6/c1-37-24-14-12-23(13-15-24)31-30(34)29(25-16-27-28(39-20-38-27)17-26(25)33(35)36)32(18-21-8-4-2-5-9-21)19-22-10-6-3-7-11-22/h2-17,29H,18-20H2,1H3,(H,31,34)/t29-/m1/s1. The zero-order valence-electron chi connectivity index (χ0n) is 21.3. The smallest absolute Gasteiger partial charge is 0.278 e. The number of methoxy groups -OCH3 is 1. The molecule has 0 bridgehead atoms. The van der Waals surface area contributed by atoms with Crippen molar-refractivity contribution < 1.29 is 23.9 Å². The number of nitrogens with one attached hydrogen (secondary N) is 1. The van der Waals surface area contributed by atoms with E-state index >= 15 is 0 Å². The summed E-state index contributed by atoms with van der Waals surface area (Å²) in [6.45, 7) is 0.681. The van der Waals surface area contributed by atoms with Crippen molar-refractivity contribution in [2.75, 3.05) is 19.2 Å². The summed E-state index contributed by atoms with van der Waals surface area (Å²) in [4.78, 5) is 27.8. The van der Waals surface area contributed by atoms with E-state index in [1.54, 1.807) is 37.4 Å². The molecule has 0 aliphatic carbocycles. The molecular formula is C30H27N3O6. The Balaban J connectivity index is 1.61. The van der Waals surface area contributed by atoms with Gasteiger partial charge in [0.05, 0.1) is 23.7 Å². The second kappa shape index (κ2) is 11.7. The molecular weight excluding hydrogens is 498 g/mol. The number of nitrogens with zero attached hydrogens (tertiary/aromatic N) is 2. The normalized spacial score (nSPS) is 12.7. The number of carbonyl (C=O) groups excluding carboxylic acids is 1. The van der Waals surface area contributed by atoms with Gasteiger partial charge in [0.1, 0.15) is 11.8 Å². The first-order valence-electron chi connectivity index (χ1n) is 12.4. The lowest BCUT2D eigenvalue weighted by atomic mass is 9.99. The SMILES string of the molecule is COc1ccc(NC(=O)[C@@H](c2cc3c(cc2[N+](=O)[O-])OCO3)N(Cc2ccccc2)Cc2ccccc2)cc1. The van der Waals surface area contributed by atoms with E-state index < -0.39 is 16.9 Å². The van der Waals surface area contributed by atoms with Gasteiger partial charge in [-0.15, -0.1) is 0 Å². The molecule has 0 aromatic heterocycles. The lowest BCUT2D eigenvalue weighted by molar-refractivity contribution is -0.386. The van der Waals surface area contributed by atoms with Crippen LogP contribution in [0.25, 0.3) is 0 Å². The van der Waals surface area contributed by atoms with Crippen molar-refractivity contribution in [1.82, 2.24) is 4.90 Å². The van der Waals surface area contributed by atoms with Gasteiger partial charge in [0.2, 0.25) is 12.7 Å². The molecule has 0 radical (unpaired) electrons. The van der Waals surface area contributed by atoms with Gasteiger partial charge in [0.25, 0.3) is 5.69 Å². The van der Waals surface area contributed by atoms with Crippen molar-refractivity contribution in [3.05, 3.63) is 124 Å². The summed E-state index contributed by atoms with van der Waals surface area (Å²) in [5.74, 6) is 0.856. The van der Waals surface area contributed by atoms with Crippen molar-refractivity contribution in [3.63, 3.8) is 0 Å². The molecule has 1 atom stereocenters. The fraction of sp³-hybridized carbons (Fsp3) is 0.167. The average Bonchev–Trinajstić information content (AvgIpc) is 3.42. The number of ether oxygens (including phenoxy) is 3. The molecule has 1 aliphatic rings. The molecule has 9 heteroatoms. The van der Waals surface area contributed by atoms with Crippen molar-refractivity contribution in [2.24, 2.45) is 0 Å². The molecule has 198 valence electrons. The maximum atomic E-state index is 14.1. The number of carbonyl (C=O) groups is 1. The van der Waals surface area contributed by atoms with Crippen molar-refractivity contribution >= 4 is 17.3 Å². The minimum Gasteiger partial charge on any atom is -0.497 e. The Bertz CT molecular complexity index is 1400. The van der Waals surface area contributed by atoms with Crippen LogP contribution in [0.3, 0.4) is 0 Å². The number of fused-ring (bicyclic) bond motifs is 1. The van der Waals surface area contributed by atoms with Crippen LogP contribution < -0.4 is 19.5 Å². The van der Waals surface area contributed by atoms with Gasteiger partial charge in [-0.2, -0.15) is 0 Å².